The second-order valence-electron chi connectivity index (χ2n) is 26.1. The van der Waals surface area contributed by atoms with Gasteiger partial charge in [-0.05, 0) is 135 Å². The third-order valence-electron chi connectivity index (χ3n) is 16.3. The zero-order chi connectivity index (χ0) is 73.7. The number of phosphoric ester groups is 2. The molecule has 0 bridgehead atoms. The van der Waals surface area contributed by atoms with Gasteiger partial charge in [-0.1, -0.05) is 296 Å². The standard InChI is InChI=1S/C83H142O16P2/c1-4-7-10-13-16-19-22-25-27-29-31-33-35-37-38-40-42-43-45-47-49-52-54-57-60-63-66-69-81(86)93-72-78(84)73-95-100(89,90)96-74-79(85)75-97-101(91,92)98-77-80(99-83(88)71-68-65-62-59-56-51-24-21-18-15-12-9-6-3)76-94-82(87)70-67-64-61-58-55-53-50-48-46-44-41-39-36-34-32-30-28-26-23-20-17-14-11-8-5-2/h7-8,10-11,16-17,19-21,24-28,31-34,37-39,41,78-80,84-85H,4-6,9,12-15,18,22-23,29-30,35-36,40,42-77H2,1-3H3,(H,89,90)(H,91,92)/b10-7-,11-8-,19-16-,20-17-,24-21-,27-25-,28-26-,33-31-,34-32-,38-37-,41-39-. The molecule has 0 amide bonds. The molecule has 0 heterocycles. The normalized spacial score (nSPS) is 14.7. The van der Waals surface area contributed by atoms with E-state index in [0.717, 1.165) is 161 Å². The van der Waals surface area contributed by atoms with Crippen LogP contribution in [-0.2, 0) is 55.8 Å². The Morgan fingerprint density at radius 1 is 0.287 bits per heavy atom. The lowest BCUT2D eigenvalue weighted by atomic mass is 10.0. The summed E-state index contributed by atoms with van der Waals surface area (Å²) in [7, 11) is -9.79. The molecule has 5 atom stereocenters. The summed E-state index contributed by atoms with van der Waals surface area (Å²) < 4.78 is 61.1. The highest BCUT2D eigenvalue weighted by Crippen LogP contribution is 2.45. The molecule has 0 saturated carbocycles. The number of hydrogen-bond acceptors (Lipinski definition) is 14. The summed E-state index contributed by atoms with van der Waals surface area (Å²) in [5.41, 5.74) is 0. The van der Waals surface area contributed by atoms with Crippen LogP contribution in [0.1, 0.15) is 316 Å². The Morgan fingerprint density at radius 2 is 0.525 bits per heavy atom. The smallest absolute Gasteiger partial charge is 0.463 e. The maximum absolute atomic E-state index is 12.9. The predicted octanol–water partition coefficient (Wildman–Crippen LogP) is 23.1. The zero-order valence-electron chi connectivity index (χ0n) is 63.3. The fourth-order valence-electron chi connectivity index (χ4n) is 10.4. The van der Waals surface area contributed by atoms with Gasteiger partial charge in [-0.2, -0.15) is 0 Å². The van der Waals surface area contributed by atoms with Crippen molar-refractivity contribution in [2.75, 3.05) is 39.6 Å². The first-order valence-electron chi connectivity index (χ1n) is 39.5. The lowest BCUT2D eigenvalue weighted by molar-refractivity contribution is -0.161. The van der Waals surface area contributed by atoms with Gasteiger partial charge in [0.2, 0.25) is 0 Å². The molecule has 0 radical (unpaired) electrons. The van der Waals surface area contributed by atoms with Crippen LogP contribution in [0.3, 0.4) is 0 Å². The van der Waals surface area contributed by atoms with Gasteiger partial charge in [-0.15, -0.1) is 0 Å². The summed E-state index contributed by atoms with van der Waals surface area (Å²) in [5, 5.41) is 20.6. The van der Waals surface area contributed by atoms with Crippen LogP contribution in [0.2, 0.25) is 0 Å². The van der Waals surface area contributed by atoms with Gasteiger partial charge in [0.15, 0.2) is 6.10 Å². The van der Waals surface area contributed by atoms with E-state index in [-0.39, 0.29) is 19.3 Å². The number of phosphoric acid groups is 2. The van der Waals surface area contributed by atoms with E-state index >= 15 is 0 Å². The number of carbonyl (C=O) groups excluding carboxylic acids is 3. The second kappa shape index (κ2) is 75.4. The molecular weight excluding hydrogens is 1310 g/mol. The molecule has 101 heavy (non-hydrogen) atoms. The van der Waals surface area contributed by atoms with Crippen molar-refractivity contribution in [2.24, 2.45) is 0 Å². The van der Waals surface area contributed by atoms with Crippen molar-refractivity contribution in [3.05, 3.63) is 134 Å². The quantitative estimate of drug-likeness (QED) is 0.0146. The van der Waals surface area contributed by atoms with Crippen LogP contribution >= 0.6 is 15.6 Å². The highest BCUT2D eigenvalue weighted by molar-refractivity contribution is 7.47. The number of esters is 3. The largest absolute Gasteiger partial charge is 0.472 e. The summed E-state index contributed by atoms with van der Waals surface area (Å²) in [4.78, 5) is 58.6. The molecule has 0 aliphatic heterocycles. The van der Waals surface area contributed by atoms with E-state index in [2.05, 4.69) is 154 Å². The Kier molecular flexibility index (Phi) is 72.2. The average molecular weight is 1460 g/mol. The minimum Gasteiger partial charge on any atom is -0.463 e. The summed E-state index contributed by atoms with van der Waals surface area (Å²) in [6.45, 7) is 2.43. The number of aliphatic hydroxyl groups is 2. The number of allylic oxidation sites excluding steroid dienone is 22. The first-order chi connectivity index (χ1) is 49.2. The number of rotatable bonds is 74. The molecule has 580 valence electrons. The van der Waals surface area contributed by atoms with Gasteiger partial charge in [0.25, 0.3) is 0 Å². The highest BCUT2D eigenvalue weighted by Gasteiger charge is 2.29. The lowest BCUT2D eigenvalue weighted by Gasteiger charge is -2.21. The van der Waals surface area contributed by atoms with Gasteiger partial charge < -0.3 is 34.2 Å². The molecule has 0 aromatic rings. The van der Waals surface area contributed by atoms with E-state index in [0.29, 0.717) is 19.3 Å². The van der Waals surface area contributed by atoms with Gasteiger partial charge >= 0.3 is 33.6 Å². The van der Waals surface area contributed by atoms with Gasteiger partial charge in [0.1, 0.15) is 25.4 Å². The Bertz CT molecular complexity index is 2370. The van der Waals surface area contributed by atoms with Crippen LogP contribution in [0.5, 0.6) is 0 Å². The van der Waals surface area contributed by atoms with E-state index in [1.54, 1.807) is 0 Å². The van der Waals surface area contributed by atoms with Crippen LogP contribution in [0.15, 0.2) is 134 Å². The Morgan fingerprint density at radius 3 is 0.842 bits per heavy atom. The molecule has 0 aromatic carbocycles. The monoisotopic (exact) mass is 1460 g/mol. The number of ether oxygens (including phenoxy) is 3. The Balaban J connectivity index is 4.53. The number of carbonyl (C=O) groups is 3. The summed E-state index contributed by atoms with van der Waals surface area (Å²) in [6, 6.07) is 0. The van der Waals surface area contributed by atoms with Crippen LogP contribution in [0, 0.1) is 0 Å². The lowest BCUT2D eigenvalue weighted by Crippen LogP contribution is -2.30. The molecule has 0 saturated heterocycles. The van der Waals surface area contributed by atoms with Crippen molar-refractivity contribution in [1.82, 2.24) is 0 Å². The number of unbranched alkanes of at least 4 members (excludes halogenated alkanes) is 29. The maximum Gasteiger partial charge on any atom is 0.472 e. The van der Waals surface area contributed by atoms with E-state index in [9.17, 15) is 43.5 Å². The van der Waals surface area contributed by atoms with Gasteiger partial charge in [0.05, 0.1) is 26.4 Å². The fourth-order valence-corrected chi connectivity index (χ4v) is 12.0. The van der Waals surface area contributed by atoms with Crippen LogP contribution in [-0.4, -0.2) is 95.9 Å². The van der Waals surface area contributed by atoms with Gasteiger partial charge in [-0.3, -0.25) is 32.5 Å². The zero-order valence-corrected chi connectivity index (χ0v) is 65.1. The number of hydrogen-bond donors (Lipinski definition) is 4. The molecule has 16 nitrogen and oxygen atoms in total. The minimum atomic E-state index is -4.93. The topological polar surface area (TPSA) is 231 Å². The van der Waals surface area contributed by atoms with E-state index < -0.39 is 91.5 Å². The van der Waals surface area contributed by atoms with Crippen LogP contribution in [0.25, 0.3) is 0 Å². The van der Waals surface area contributed by atoms with Crippen molar-refractivity contribution < 1.29 is 75.8 Å². The third-order valence-corrected chi connectivity index (χ3v) is 18.2. The van der Waals surface area contributed by atoms with E-state index in [1.165, 1.54) is 96.3 Å². The van der Waals surface area contributed by atoms with Crippen molar-refractivity contribution >= 4 is 33.6 Å². The first-order valence-corrected chi connectivity index (χ1v) is 42.5. The predicted molar refractivity (Wildman–Crippen MR) is 417 cm³/mol. The minimum absolute atomic E-state index is 0.0912. The number of aliphatic hydroxyl groups excluding tert-OH is 2. The van der Waals surface area contributed by atoms with E-state index in [4.69, 9.17) is 32.3 Å². The summed E-state index contributed by atoms with van der Waals surface area (Å²) in [5.74, 6) is -1.59. The summed E-state index contributed by atoms with van der Waals surface area (Å²) >= 11 is 0. The van der Waals surface area contributed by atoms with Crippen LogP contribution in [0.4, 0.5) is 0 Å². The highest BCUT2D eigenvalue weighted by atomic mass is 31.2. The SMILES string of the molecule is CC/C=C\C/C=C\C/C=C\C/C=C\C/C=C\CCCCCCCCCCCCCC(=O)OCC(O)COP(=O)(O)OCC(O)COP(=O)(O)OCC(COC(=O)CCCCCCCCCCC/C=C\C/C=C\C/C=C\C/C=C\C/C=C\CC)OC(=O)CCCCCCC/C=C\CCCCCC. The summed E-state index contributed by atoms with van der Waals surface area (Å²) in [6.07, 6.45) is 90.7. The molecule has 0 rings (SSSR count). The fraction of sp³-hybridized carbons (Fsp3) is 0.699. The van der Waals surface area contributed by atoms with Crippen molar-refractivity contribution in [3.63, 3.8) is 0 Å². The van der Waals surface area contributed by atoms with Crippen LogP contribution < -0.4 is 0 Å². The molecule has 0 aromatic heterocycles. The molecule has 0 fully saturated rings. The molecular formula is C83H142O16P2. The van der Waals surface area contributed by atoms with Gasteiger partial charge in [0, 0.05) is 19.3 Å². The third kappa shape index (κ3) is 76.6. The Hall–Kier alpha value is -4.31. The Labute approximate surface area is 614 Å². The average Bonchev–Trinajstić information content (AvgIpc) is 0.949. The second-order valence-corrected chi connectivity index (χ2v) is 29.0. The van der Waals surface area contributed by atoms with Gasteiger partial charge in [-0.25, -0.2) is 9.13 Å². The van der Waals surface area contributed by atoms with Crippen molar-refractivity contribution in [3.8, 4) is 0 Å². The maximum atomic E-state index is 12.9. The molecule has 0 aliphatic rings. The van der Waals surface area contributed by atoms with E-state index in [1.807, 2.05) is 0 Å². The first kappa shape index (κ1) is 96.7. The molecule has 5 unspecified atom stereocenters. The molecule has 0 aliphatic carbocycles. The van der Waals surface area contributed by atoms with Crippen molar-refractivity contribution in [2.45, 2.75) is 334 Å². The molecule has 4 N–H and O–H groups in total. The molecule has 18 heteroatoms. The molecule has 0 spiro atoms. The van der Waals surface area contributed by atoms with Crippen molar-refractivity contribution in [1.29, 1.82) is 0 Å².